The van der Waals surface area contributed by atoms with Gasteiger partial charge in [0.1, 0.15) is 5.69 Å². The van der Waals surface area contributed by atoms with Gasteiger partial charge in [0.05, 0.1) is 10.2 Å². The zero-order valence-corrected chi connectivity index (χ0v) is 12.2. The molecule has 5 heteroatoms. The van der Waals surface area contributed by atoms with Crippen LogP contribution >= 0.6 is 27.3 Å². The van der Waals surface area contributed by atoms with Crippen molar-refractivity contribution in [2.24, 2.45) is 0 Å². The van der Waals surface area contributed by atoms with Crippen LogP contribution in [0.15, 0.2) is 34.1 Å². The lowest BCUT2D eigenvalue weighted by Crippen LogP contribution is -2.05. The molecule has 0 unspecified atom stereocenters. The van der Waals surface area contributed by atoms with Crippen LogP contribution in [0.2, 0.25) is 0 Å². The van der Waals surface area contributed by atoms with E-state index < -0.39 is 0 Å². The van der Waals surface area contributed by atoms with E-state index in [0.29, 0.717) is 0 Å². The largest absolute Gasteiger partial charge is 0.314 e. The summed E-state index contributed by atoms with van der Waals surface area (Å²) in [6.07, 6.45) is 0. The van der Waals surface area contributed by atoms with Crippen molar-refractivity contribution in [2.45, 2.75) is 6.54 Å². The molecule has 0 aliphatic rings. The molecule has 2 N–H and O–H groups in total. The quantitative estimate of drug-likeness (QED) is 0.770. The second-order valence-electron chi connectivity index (χ2n) is 4.04. The Bertz CT molecular complexity index is 686. The lowest BCUT2D eigenvalue weighted by atomic mass is 10.1. The molecule has 0 saturated heterocycles. The molecule has 0 aliphatic heterocycles. The van der Waals surface area contributed by atoms with Crippen molar-refractivity contribution in [3.63, 3.8) is 0 Å². The van der Waals surface area contributed by atoms with E-state index in [0.717, 1.165) is 22.4 Å². The van der Waals surface area contributed by atoms with Gasteiger partial charge >= 0.3 is 0 Å². The van der Waals surface area contributed by atoms with Gasteiger partial charge in [-0.2, -0.15) is 5.10 Å². The van der Waals surface area contributed by atoms with Crippen molar-refractivity contribution >= 4 is 37.4 Å². The van der Waals surface area contributed by atoms with Gasteiger partial charge in [-0.05, 0) is 29.0 Å². The van der Waals surface area contributed by atoms with Crippen molar-refractivity contribution in [1.82, 2.24) is 15.5 Å². The summed E-state index contributed by atoms with van der Waals surface area (Å²) in [6, 6.07) is 8.40. The first-order chi connectivity index (χ1) is 8.81. The van der Waals surface area contributed by atoms with E-state index in [1.54, 1.807) is 11.3 Å². The summed E-state index contributed by atoms with van der Waals surface area (Å²) in [7, 11) is 1.92. The number of hydrogen-bond acceptors (Lipinski definition) is 3. The first kappa shape index (κ1) is 11.9. The summed E-state index contributed by atoms with van der Waals surface area (Å²) in [5.41, 5.74) is 3.24. The highest BCUT2D eigenvalue weighted by Crippen LogP contribution is 2.37. The Morgan fingerprint density at radius 3 is 3.06 bits per heavy atom. The van der Waals surface area contributed by atoms with Gasteiger partial charge in [0, 0.05) is 27.6 Å². The molecular formula is C13H12BrN3S. The van der Waals surface area contributed by atoms with Crippen LogP contribution in [-0.2, 0) is 6.54 Å². The highest BCUT2D eigenvalue weighted by Gasteiger charge is 2.15. The first-order valence-corrected chi connectivity index (χ1v) is 7.32. The number of thiophene rings is 1. The van der Waals surface area contributed by atoms with Crippen LogP contribution in [0.5, 0.6) is 0 Å². The zero-order chi connectivity index (χ0) is 12.5. The Labute approximate surface area is 117 Å². The SMILES string of the molecule is CNCc1[nH]nc(-c2csc3ccccc23)c1Br. The molecule has 0 aliphatic carbocycles. The molecule has 0 bridgehead atoms. The molecule has 0 fully saturated rings. The van der Waals surface area contributed by atoms with Gasteiger partial charge in [0.2, 0.25) is 0 Å². The number of aromatic amines is 1. The molecule has 92 valence electrons. The lowest BCUT2D eigenvalue weighted by Gasteiger charge is -1.97. The Balaban J connectivity index is 2.15. The van der Waals surface area contributed by atoms with Crippen molar-refractivity contribution in [2.75, 3.05) is 7.05 Å². The fourth-order valence-corrected chi connectivity index (χ4v) is 3.47. The molecule has 0 amide bonds. The van der Waals surface area contributed by atoms with E-state index in [1.165, 1.54) is 15.6 Å². The molecule has 0 spiro atoms. The average Bonchev–Trinajstić information content (AvgIpc) is 2.95. The van der Waals surface area contributed by atoms with Crippen LogP contribution in [0.25, 0.3) is 21.3 Å². The maximum absolute atomic E-state index is 4.42. The summed E-state index contributed by atoms with van der Waals surface area (Å²) < 4.78 is 2.33. The molecule has 0 atom stereocenters. The maximum atomic E-state index is 4.42. The second kappa shape index (κ2) is 4.84. The Kier molecular flexibility index (Phi) is 3.20. The van der Waals surface area contributed by atoms with E-state index >= 15 is 0 Å². The normalized spacial score (nSPS) is 11.2. The van der Waals surface area contributed by atoms with Crippen LogP contribution < -0.4 is 5.32 Å². The molecule has 0 saturated carbocycles. The topological polar surface area (TPSA) is 40.7 Å². The zero-order valence-electron chi connectivity index (χ0n) is 9.83. The molecule has 2 aromatic heterocycles. The number of rotatable bonds is 3. The fourth-order valence-electron chi connectivity index (χ4n) is 2.00. The lowest BCUT2D eigenvalue weighted by molar-refractivity contribution is 0.781. The standard InChI is InChI=1S/C13H12BrN3S/c1-15-6-10-12(14)13(17-16-10)9-7-18-11-5-3-2-4-8(9)11/h2-5,7,15H,6H2,1H3,(H,16,17). The third-order valence-corrected chi connectivity index (χ3v) is 4.68. The molecule has 3 rings (SSSR count). The predicted octanol–water partition coefficient (Wildman–Crippen LogP) is 3.77. The van der Waals surface area contributed by atoms with Gasteiger partial charge in [-0.25, -0.2) is 0 Å². The van der Waals surface area contributed by atoms with Crippen molar-refractivity contribution in [3.8, 4) is 11.3 Å². The van der Waals surface area contributed by atoms with Crippen molar-refractivity contribution in [1.29, 1.82) is 0 Å². The van der Waals surface area contributed by atoms with E-state index in [9.17, 15) is 0 Å². The Hall–Kier alpha value is -1.17. The predicted molar refractivity (Wildman–Crippen MR) is 79.9 cm³/mol. The number of aromatic nitrogens is 2. The number of nitrogens with one attached hydrogen (secondary N) is 2. The van der Waals surface area contributed by atoms with Gasteiger partial charge < -0.3 is 5.32 Å². The van der Waals surface area contributed by atoms with E-state index in [1.807, 2.05) is 7.05 Å². The van der Waals surface area contributed by atoms with Gasteiger partial charge in [-0.15, -0.1) is 11.3 Å². The van der Waals surface area contributed by atoms with Crippen LogP contribution in [0.1, 0.15) is 5.69 Å². The minimum Gasteiger partial charge on any atom is -0.314 e. The minimum atomic E-state index is 0.773. The van der Waals surface area contributed by atoms with Crippen LogP contribution in [0.3, 0.4) is 0 Å². The third kappa shape index (κ3) is 1.88. The molecule has 1 aromatic carbocycles. The Morgan fingerprint density at radius 2 is 2.22 bits per heavy atom. The molecule has 18 heavy (non-hydrogen) atoms. The summed E-state index contributed by atoms with van der Waals surface area (Å²) in [4.78, 5) is 0. The monoisotopic (exact) mass is 321 g/mol. The summed E-state index contributed by atoms with van der Waals surface area (Å²) in [6.45, 7) is 0.773. The van der Waals surface area contributed by atoms with Gasteiger partial charge in [-0.1, -0.05) is 18.2 Å². The molecule has 0 radical (unpaired) electrons. The number of halogens is 1. The number of H-pyrrole nitrogens is 1. The van der Waals surface area contributed by atoms with E-state index in [4.69, 9.17) is 0 Å². The highest BCUT2D eigenvalue weighted by molar-refractivity contribution is 9.10. The summed E-state index contributed by atoms with van der Waals surface area (Å²) in [5.74, 6) is 0. The molecule has 3 nitrogen and oxygen atoms in total. The second-order valence-corrected chi connectivity index (χ2v) is 5.74. The van der Waals surface area contributed by atoms with E-state index in [-0.39, 0.29) is 0 Å². The van der Waals surface area contributed by atoms with Crippen LogP contribution in [-0.4, -0.2) is 17.2 Å². The van der Waals surface area contributed by atoms with Crippen molar-refractivity contribution in [3.05, 3.63) is 39.8 Å². The van der Waals surface area contributed by atoms with Gasteiger partial charge in [0.15, 0.2) is 0 Å². The van der Waals surface area contributed by atoms with Crippen molar-refractivity contribution < 1.29 is 0 Å². The van der Waals surface area contributed by atoms with Crippen LogP contribution in [0.4, 0.5) is 0 Å². The highest BCUT2D eigenvalue weighted by atomic mass is 79.9. The smallest absolute Gasteiger partial charge is 0.108 e. The molecular weight excluding hydrogens is 310 g/mol. The fraction of sp³-hybridized carbons (Fsp3) is 0.154. The summed E-state index contributed by atoms with van der Waals surface area (Å²) in [5, 5.41) is 14.0. The van der Waals surface area contributed by atoms with E-state index in [2.05, 4.69) is 61.1 Å². The first-order valence-electron chi connectivity index (χ1n) is 5.65. The number of nitrogens with zero attached hydrogens (tertiary/aromatic N) is 1. The maximum Gasteiger partial charge on any atom is 0.108 e. The molecule has 2 heterocycles. The number of hydrogen-bond donors (Lipinski definition) is 2. The Morgan fingerprint density at radius 1 is 1.39 bits per heavy atom. The third-order valence-electron chi connectivity index (χ3n) is 2.87. The van der Waals surface area contributed by atoms with Gasteiger partial charge in [-0.3, -0.25) is 5.10 Å². The molecule has 3 aromatic rings. The summed E-state index contributed by atoms with van der Waals surface area (Å²) >= 11 is 5.38. The average molecular weight is 322 g/mol. The number of benzene rings is 1. The van der Waals surface area contributed by atoms with Gasteiger partial charge in [0.25, 0.3) is 0 Å². The van der Waals surface area contributed by atoms with Crippen LogP contribution in [0, 0.1) is 0 Å². The number of fused-ring (bicyclic) bond motifs is 1. The minimum absolute atomic E-state index is 0.773.